The maximum atomic E-state index is 13.3. The molecule has 0 aliphatic heterocycles. The third-order valence-corrected chi connectivity index (χ3v) is 5.93. The quantitative estimate of drug-likeness (QED) is 0.312. The van der Waals surface area contributed by atoms with Gasteiger partial charge in [-0.25, -0.2) is 13.9 Å². The van der Waals surface area contributed by atoms with Gasteiger partial charge in [-0.1, -0.05) is 49.9 Å². The van der Waals surface area contributed by atoms with Gasteiger partial charge in [0.05, 0.1) is 11.9 Å². The van der Waals surface area contributed by atoms with Gasteiger partial charge in [0, 0.05) is 16.9 Å². The molecule has 158 valence electrons. The smallest absolute Gasteiger partial charge is 0.234 e. The molecule has 0 spiro atoms. The molecule has 0 aliphatic carbocycles. The lowest BCUT2D eigenvalue weighted by molar-refractivity contribution is -0.113. The molecule has 4 aromatic rings. The Labute approximate surface area is 184 Å². The Bertz CT molecular complexity index is 1220. The van der Waals surface area contributed by atoms with Gasteiger partial charge in [-0.3, -0.25) is 4.79 Å². The van der Waals surface area contributed by atoms with Crippen molar-refractivity contribution in [2.75, 3.05) is 11.1 Å². The molecule has 0 atom stereocenters. The van der Waals surface area contributed by atoms with Crippen LogP contribution in [0.25, 0.3) is 16.8 Å². The molecule has 0 aliphatic rings. The second-order valence-corrected chi connectivity index (χ2v) is 8.65. The molecule has 1 N–H and O–H groups in total. The summed E-state index contributed by atoms with van der Waals surface area (Å²) in [6, 6.07) is 16.1. The van der Waals surface area contributed by atoms with Crippen molar-refractivity contribution in [2.24, 2.45) is 0 Å². The van der Waals surface area contributed by atoms with Gasteiger partial charge in [-0.2, -0.15) is 5.10 Å². The van der Waals surface area contributed by atoms with E-state index in [2.05, 4.69) is 29.2 Å². The first-order valence-electron chi connectivity index (χ1n) is 10.0. The van der Waals surface area contributed by atoms with Crippen molar-refractivity contribution in [2.45, 2.75) is 31.7 Å². The molecule has 5 nitrogen and oxygen atoms in total. The number of thioether (sulfide) groups is 1. The van der Waals surface area contributed by atoms with Crippen LogP contribution in [0.15, 0.2) is 65.8 Å². The largest absolute Gasteiger partial charge is 0.325 e. The van der Waals surface area contributed by atoms with Crippen molar-refractivity contribution >= 4 is 29.0 Å². The van der Waals surface area contributed by atoms with Crippen molar-refractivity contribution < 1.29 is 9.18 Å². The van der Waals surface area contributed by atoms with Crippen LogP contribution >= 0.6 is 11.8 Å². The number of halogens is 1. The van der Waals surface area contributed by atoms with Crippen molar-refractivity contribution in [1.82, 2.24) is 14.6 Å². The van der Waals surface area contributed by atoms with Gasteiger partial charge in [-0.05, 0) is 54.3 Å². The first-order chi connectivity index (χ1) is 14.9. The summed E-state index contributed by atoms with van der Waals surface area (Å²) in [6.45, 7) is 6.18. The Hall–Kier alpha value is -3.19. The zero-order chi connectivity index (χ0) is 22.0. The van der Waals surface area contributed by atoms with Crippen LogP contribution in [0.3, 0.4) is 0 Å². The molecular formula is C24H23FN4OS. The fourth-order valence-corrected chi connectivity index (χ4v) is 4.13. The highest BCUT2D eigenvalue weighted by atomic mass is 32.2. The number of rotatable bonds is 6. The molecule has 0 saturated carbocycles. The first-order valence-corrected chi connectivity index (χ1v) is 11.0. The zero-order valence-corrected chi connectivity index (χ0v) is 18.4. The summed E-state index contributed by atoms with van der Waals surface area (Å²) in [4.78, 5) is 17.1. The maximum absolute atomic E-state index is 13.3. The van der Waals surface area contributed by atoms with Gasteiger partial charge in [0.25, 0.3) is 0 Å². The van der Waals surface area contributed by atoms with E-state index in [0.717, 1.165) is 27.5 Å². The van der Waals surface area contributed by atoms with Gasteiger partial charge in [0.2, 0.25) is 5.91 Å². The highest BCUT2D eigenvalue weighted by Gasteiger charge is 2.14. The van der Waals surface area contributed by atoms with Crippen LogP contribution in [0, 0.1) is 12.7 Å². The molecule has 0 bridgehead atoms. The van der Waals surface area contributed by atoms with Crippen LogP contribution < -0.4 is 5.32 Å². The fraction of sp³-hybridized carbons (Fsp3) is 0.208. The number of carbonyl (C=O) groups excluding carboxylic acids is 1. The Balaban J connectivity index is 1.50. The van der Waals surface area contributed by atoms with Crippen LogP contribution in [0.2, 0.25) is 0 Å². The molecule has 7 heteroatoms. The minimum atomic E-state index is -0.287. The molecule has 2 aromatic carbocycles. The second kappa shape index (κ2) is 8.89. The van der Waals surface area contributed by atoms with Crippen molar-refractivity contribution in [3.63, 3.8) is 0 Å². The van der Waals surface area contributed by atoms with Crippen LogP contribution in [0.5, 0.6) is 0 Å². The van der Waals surface area contributed by atoms with Gasteiger partial charge >= 0.3 is 0 Å². The van der Waals surface area contributed by atoms with Crippen LogP contribution in [0.1, 0.15) is 31.0 Å². The number of benzene rings is 2. The van der Waals surface area contributed by atoms with Crippen molar-refractivity contribution in [3.8, 4) is 11.1 Å². The lowest BCUT2D eigenvalue weighted by Crippen LogP contribution is -2.14. The Kier molecular flexibility index (Phi) is 6.04. The van der Waals surface area contributed by atoms with E-state index in [1.165, 1.54) is 29.5 Å². The Morgan fingerprint density at radius 3 is 2.52 bits per heavy atom. The van der Waals surface area contributed by atoms with E-state index in [1.54, 1.807) is 22.8 Å². The number of carbonyl (C=O) groups is 1. The van der Waals surface area contributed by atoms with E-state index < -0.39 is 0 Å². The summed E-state index contributed by atoms with van der Waals surface area (Å²) in [6.07, 6.45) is 1.72. The minimum Gasteiger partial charge on any atom is -0.325 e. The molecular weight excluding hydrogens is 411 g/mol. The SMILES string of the molecule is Cc1cc(SCC(=O)Nc2ccc(C(C)C)cc2)n2ncc(-c3ccc(F)cc3)c2n1. The highest BCUT2D eigenvalue weighted by Crippen LogP contribution is 2.28. The highest BCUT2D eigenvalue weighted by molar-refractivity contribution is 7.99. The lowest BCUT2D eigenvalue weighted by Gasteiger charge is -2.09. The van der Waals surface area contributed by atoms with Gasteiger partial charge in [-0.15, -0.1) is 0 Å². The standard InChI is InChI=1S/C24H23FN4OS/c1-15(2)17-6-10-20(11-7-17)28-22(30)14-31-23-12-16(3)27-24-21(13-26-29(23)24)18-4-8-19(25)9-5-18/h4-13,15H,14H2,1-3H3,(H,28,30). The third-order valence-electron chi connectivity index (χ3n) is 4.93. The van der Waals surface area contributed by atoms with E-state index in [9.17, 15) is 9.18 Å². The van der Waals surface area contributed by atoms with Crippen LogP contribution in [-0.2, 0) is 4.79 Å². The summed E-state index contributed by atoms with van der Waals surface area (Å²) in [5.74, 6) is 0.323. The predicted octanol–water partition coefficient (Wildman–Crippen LogP) is 5.70. The number of aryl methyl sites for hydroxylation is 1. The number of anilines is 1. The molecule has 1 amide bonds. The van der Waals surface area contributed by atoms with E-state index in [4.69, 9.17) is 0 Å². The van der Waals surface area contributed by atoms with Crippen molar-refractivity contribution in [1.29, 1.82) is 0 Å². The number of nitrogens with one attached hydrogen (secondary N) is 1. The normalized spacial score (nSPS) is 11.3. The molecule has 2 heterocycles. The Morgan fingerprint density at radius 1 is 1.13 bits per heavy atom. The van der Waals surface area contributed by atoms with E-state index in [0.29, 0.717) is 11.6 Å². The molecule has 0 saturated heterocycles. The minimum absolute atomic E-state index is 0.0872. The maximum Gasteiger partial charge on any atom is 0.234 e. The van der Waals surface area contributed by atoms with Crippen LogP contribution in [-0.4, -0.2) is 26.3 Å². The summed E-state index contributed by atoms with van der Waals surface area (Å²) in [5.41, 5.74) is 5.18. The number of hydrogen-bond donors (Lipinski definition) is 1. The number of aromatic nitrogens is 3. The fourth-order valence-electron chi connectivity index (χ4n) is 3.27. The second-order valence-electron chi connectivity index (χ2n) is 7.65. The molecule has 0 unspecified atom stereocenters. The van der Waals surface area contributed by atoms with Crippen molar-refractivity contribution in [3.05, 3.63) is 77.9 Å². The molecule has 2 aromatic heterocycles. The predicted molar refractivity (Wildman–Crippen MR) is 123 cm³/mol. The third kappa shape index (κ3) is 4.77. The van der Waals surface area contributed by atoms with Gasteiger partial charge in [0.1, 0.15) is 10.8 Å². The summed E-state index contributed by atoms with van der Waals surface area (Å²) in [5, 5.41) is 8.21. The van der Waals surface area contributed by atoms with E-state index in [-0.39, 0.29) is 17.5 Å². The average molecular weight is 435 g/mol. The number of nitrogens with zero attached hydrogens (tertiary/aromatic N) is 3. The lowest BCUT2D eigenvalue weighted by atomic mass is 10.0. The first kappa shape index (κ1) is 21.1. The van der Waals surface area contributed by atoms with E-state index in [1.807, 2.05) is 37.3 Å². The molecule has 4 rings (SSSR count). The number of fused-ring (bicyclic) bond motifs is 1. The topological polar surface area (TPSA) is 59.3 Å². The number of hydrogen-bond acceptors (Lipinski definition) is 4. The number of amides is 1. The summed E-state index contributed by atoms with van der Waals surface area (Å²) >= 11 is 1.40. The van der Waals surface area contributed by atoms with Gasteiger partial charge < -0.3 is 5.32 Å². The Morgan fingerprint density at radius 2 is 1.84 bits per heavy atom. The molecule has 0 radical (unpaired) electrons. The molecule has 31 heavy (non-hydrogen) atoms. The molecule has 0 fully saturated rings. The summed E-state index contributed by atoms with van der Waals surface area (Å²) < 4.78 is 15.0. The average Bonchev–Trinajstić information content (AvgIpc) is 3.17. The summed E-state index contributed by atoms with van der Waals surface area (Å²) in [7, 11) is 0. The van der Waals surface area contributed by atoms with Crippen LogP contribution in [0.4, 0.5) is 10.1 Å². The van der Waals surface area contributed by atoms with E-state index >= 15 is 0 Å². The monoisotopic (exact) mass is 434 g/mol. The van der Waals surface area contributed by atoms with Gasteiger partial charge in [0.15, 0.2) is 5.65 Å². The zero-order valence-electron chi connectivity index (χ0n) is 17.6.